The number of halogens is 2. The van der Waals surface area contributed by atoms with E-state index in [1.54, 1.807) is 18.2 Å². The fourth-order valence-electron chi connectivity index (χ4n) is 4.05. The van der Waals surface area contributed by atoms with Gasteiger partial charge in [0, 0.05) is 16.2 Å². The molecule has 0 radical (unpaired) electrons. The van der Waals surface area contributed by atoms with E-state index >= 15 is 0 Å². The van der Waals surface area contributed by atoms with Crippen molar-refractivity contribution in [3.8, 4) is 5.75 Å². The van der Waals surface area contributed by atoms with Crippen LogP contribution in [0.25, 0.3) is 10.8 Å². The van der Waals surface area contributed by atoms with Gasteiger partial charge in [-0.25, -0.2) is 13.1 Å². The molecule has 1 amide bonds. The minimum Gasteiger partial charge on any atom is -0.483 e. The number of carbonyl (C=O) groups excluding carboxylic acids is 1. The Morgan fingerprint density at radius 2 is 1.72 bits per heavy atom. The van der Waals surface area contributed by atoms with Crippen LogP contribution in [0.3, 0.4) is 0 Å². The van der Waals surface area contributed by atoms with Gasteiger partial charge < -0.3 is 10.1 Å². The molecule has 11 heteroatoms. The van der Waals surface area contributed by atoms with Crippen LogP contribution in [0.5, 0.6) is 5.75 Å². The Balaban J connectivity index is 1.28. The number of anilines is 1. The topological polar surface area (TPSA) is 96.5 Å². The third kappa shape index (κ3) is 7.04. The molecule has 0 unspecified atom stereocenters. The number of thiocarbonyl (C=S) groups is 1. The predicted octanol–water partition coefficient (Wildman–Crippen LogP) is 5.87. The number of hydrogen-bond donors (Lipinski definition) is 3. The second-order valence-corrected chi connectivity index (χ2v) is 12.3. The summed E-state index contributed by atoms with van der Waals surface area (Å²) in [5.74, 6) is 0.115. The number of hydrogen-bond acceptors (Lipinski definition) is 5. The molecule has 3 N–H and O–H groups in total. The van der Waals surface area contributed by atoms with E-state index < -0.39 is 15.9 Å². The number of nitrogens with one attached hydrogen (secondary N) is 3. The lowest BCUT2D eigenvalue weighted by atomic mass is 9.96. The Morgan fingerprint density at radius 1 is 1.00 bits per heavy atom. The molecule has 3 aromatic carbocycles. The average molecular weight is 655 g/mol. The summed E-state index contributed by atoms with van der Waals surface area (Å²) in [4.78, 5) is 12.5. The van der Waals surface area contributed by atoms with E-state index in [0.29, 0.717) is 11.4 Å². The normalized spacial score (nSPS) is 14.4. The van der Waals surface area contributed by atoms with Gasteiger partial charge in [-0.1, -0.05) is 47.3 Å². The molecular weight excluding hydrogens is 630 g/mol. The van der Waals surface area contributed by atoms with Gasteiger partial charge in [-0.3, -0.25) is 10.1 Å². The highest BCUT2D eigenvalue weighted by Crippen LogP contribution is 2.34. The average Bonchev–Trinajstić information content (AvgIpc) is 2.84. The summed E-state index contributed by atoms with van der Waals surface area (Å²) in [5.41, 5.74) is 0.557. The largest absolute Gasteiger partial charge is 0.483 e. The van der Waals surface area contributed by atoms with E-state index in [0.717, 1.165) is 51.8 Å². The Hall–Kier alpha value is -2.05. The Bertz CT molecular complexity index is 1380. The van der Waals surface area contributed by atoms with Gasteiger partial charge in [0.2, 0.25) is 10.0 Å². The fourth-order valence-corrected chi connectivity index (χ4v) is 6.57. The summed E-state index contributed by atoms with van der Waals surface area (Å²) in [5, 5.41) is 7.53. The van der Waals surface area contributed by atoms with Gasteiger partial charge in [0.15, 0.2) is 11.7 Å². The second-order valence-electron chi connectivity index (χ2n) is 8.51. The van der Waals surface area contributed by atoms with Crippen molar-refractivity contribution in [1.29, 1.82) is 0 Å². The van der Waals surface area contributed by atoms with Crippen LogP contribution in [0.15, 0.2) is 68.4 Å². The van der Waals surface area contributed by atoms with Gasteiger partial charge in [-0.15, -0.1) is 0 Å². The van der Waals surface area contributed by atoms with Gasteiger partial charge in [0.25, 0.3) is 5.91 Å². The monoisotopic (exact) mass is 653 g/mol. The summed E-state index contributed by atoms with van der Waals surface area (Å²) in [7, 11) is -3.58. The van der Waals surface area contributed by atoms with Crippen molar-refractivity contribution in [1.82, 2.24) is 10.0 Å². The molecule has 1 fully saturated rings. The molecule has 0 spiro atoms. The Kier molecular flexibility index (Phi) is 9.00. The van der Waals surface area contributed by atoms with E-state index in [1.165, 1.54) is 12.1 Å². The third-order valence-electron chi connectivity index (χ3n) is 5.84. The van der Waals surface area contributed by atoms with Gasteiger partial charge in [-0.05, 0) is 94.2 Å². The minimum atomic E-state index is -3.58. The van der Waals surface area contributed by atoms with Crippen molar-refractivity contribution in [2.24, 2.45) is 0 Å². The molecule has 0 heterocycles. The highest BCUT2D eigenvalue weighted by molar-refractivity contribution is 9.11. The van der Waals surface area contributed by atoms with Crippen molar-refractivity contribution in [2.45, 2.75) is 43.0 Å². The first-order chi connectivity index (χ1) is 17.2. The summed E-state index contributed by atoms with van der Waals surface area (Å²) >= 11 is 12.2. The lowest BCUT2D eigenvalue weighted by Gasteiger charge is -2.22. The van der Waals surface area contributed by atoms with E-state index in [9.17, 15) is 13.2 Å². The second kappa shape index (κ2) is 12.0. The maximum atomic E-state index is 12.6. The van der Waals surface area contributed by atoms with Gasteiger partial charge >= 0.3 is 0 Å². The first-order valence-electron chi connectivity index (χ1n) is 11.4. The number of benzene rings is 3. The molecule has 1 aliphatic rings. The summed E-state index contributed by atoms with van der Waals surface area (Å²) in [6.45, 7) is -0.230. The van der Waals surface area contributed by atoms with Crippen molar-refractivity contribution in [3.05, 3.63) is 63.5 Å². The van der Waals surface area contributed by atoms with Crippen molar-refractivity contribution >= 4 is 81.6 Å². The number of amides is 1. The van der Waals surface area contributed by atoms with Crippen molar-refractivity contribution in [3.63, 3.8) is 0 Å². The SMILES string of the molecule is O=C(COc1ccc2cc(Br)ccc2c1Br)NC(=S)Nc1ccc(S(=O)(=O)NC2CCCCC2)cc1. The van der Waals surface area contributed by atoms with Crippen LogP contribution in [0.1, 0.15) is 32.1 Å². The Labute approximate surface area is 232 Å². The van der Waals surface area contributed by atoms with Gasteiger partial charge in [-0.2, -0.15) is 0 Å². The number of carbonyl (C=O) groups is 1. The van der Waals surface area contributed by atoms with Crippen LogP contribution >= 0.6 is 44.1 Å². The zero-order chi connectivity index (χ0) is 25.7. The van der Waals surface area contributed by atoms with Crippen LogP contribution in [-0.2, 0) is 14.8 Å². The molecule has 7 nitrogen and oxygen atoms in total. The molecule has 0 atom stereocenters. The summed E-state index contributed by atoms with van der Waals surface area (Å²) in [6.07, 6.45) is 4.98. The molecule has 0 aromatic heterocycles. The predicted molar refractivity (Wildman–Crippen MR) is 153 cm³/mol. The highest BCUT2D eigenvalue weighted by atomic mass is 79.9. The van der Waals surface area contributed by atoms with Crippen LogP contribution in [0, 0.1) is 0 Å². The fraction of sp³-hybridized carbons (Fsp3) is 0.280. The summed E-state index contributed by atoms with van der Waals surface area (Å²) < 4.78 is 35.5. The standard InChI is InChI=1S/C25H25Br2N3O4S2/c26-17-7-12-21-16(14-17)6-13-22(24(21)27)34-15-23(31)29-25(35)28-18-8-10-20(11-9-18)36(32,33)30-19-4-2-1-3-5-19/h6-14,19,30H,1-5,15H2,(H2,28,29,31,35). The minimum absolute atomic E-state index is 0.0102. The molecular formula is C25H25Br2N3O4S2. The quantitative estimate of drug-likeness (QED) is 0.276. The number of fused-ring (bicyclic) bond motifs is 1. The lowest BCUT2D eigenvalue weighted by molar-refractivity contribution is -0.121. The van der Waals surface area contributed by atoms with Gasteiger partial charge in [0.05, 0.1) is 9.37 Å². The third-order valence-corrected chi connectivity index (χ3v) is 8.89. The van der Waals surface area contributed by atoms with E-state index in [-0.39, 0.29) is 22.7 Å². The van der Waals surface area contributed by atoms with E-state index in [4.69, 9.17) is 17.0 Å². The molecule has 0 saturated heterocycles. The maximum absolute atomic E-state index is 12.6. The van der Waals surface area contributed by atoms with Crippen LogP contribution < -0.4 is 20.1 Å². The first kappa shape index (κ1) is 27.0. The van der Waals surface area contributed by atoms with E-state index in [1.807, 2.05) is 24.3 Å². The molecule has 0 bridgehead atoms. The van der Waals surface area contributed by atoms with Crippen molar-refractivity contribution in [2.75, 3.05) is 11.9 Å². The lowest BCUT2D eigenvalue weighted by Crippen LogP contribution is -2.37. The molecule has 1 aliphatic carbocycles. The molecule has 3 aromatic rings. The van der Waals surface area contributed by atoms with E-state index in [2.05, 4.69) is 47.2 Å². The smallest absolute Gasteiger partial charge is 0.264 e. The molecule has 36 heavy (non-hydrogen) atoms. The maximum Gasteiger partial charge on any atom is 0.264 e. The van der Waals surface area contributed by atoms with Crippen LogP contribution in [0.2, 0.25) is 0 Å². The van der Waals surface area contributed by atoms with Crippen LogP contribution in [-0.4, -0.2) is 32.1 Å². The number of sulfonamides is 1. The molecule has 1 saturated carbocycles. The number of ether oxygens (including phenoxy) is 1. The van der Waals surface area contributed by atoms with Crippen LogP contribution in [0.4, 0.5) is 5.69 Å². The summed E-state index contributed by atoms with van der Waals surface area (Å²) in [6, 6.07) is 15.8. The Morgan fingerprint density at radius 3 is 2.44 bits per heavy atom. The zero-order valence-corrected chi connectivity index (χ0v) is 24.0. The molecule has 4 rings (SSSR count). The van der Waals surface area contributed by atoms with Crippen molar-refractivity contribution < 1.29 is 17.9 Å². The molecule has 0 aliphatic heterocycles. The number of rotatable bonds is 7. The highest BCUT2D eigenvalue weighted by Gasteiger charge is 2.21. The van der Waals surface area contributed by atoms with Gasteiger partial charge in [0.1, 0.15) is 5.75 Å². The molecule has 190 valence electrons. The first-order valence-corrected chi connectivity index (χ1v) is 14.9. The zero-order valence-electron chi connectivity index (χ0n) is 19.2.